The van der Waals surface area contributed by atoms with E-state index in [1.54, 1.807) is 0 Å². The zero-order valence-electron chi connectivity index (χ0n) is 6.17. The summed E-state index contributed by atoms with van der Waals surface area (Å²) in [6, 6.07) is 8.31. The third-order valence-corrected chi connectivity index (χ3v) is 1.41. The third-order valence-electron chi connectivity index (χ3n) is 1.41. The van der Waals surface area contributed by atoms with E-state index in [4.69, 9.17) is 0 Å². The molecule has 1 aromatic carbocycles. The fraction of sp³-hybridized carbons (Fsp3) is 0.222. The highest BCUT2D eigenvalue weighted by molar-refractivity contribution is 5.26. The van der Waals surface area contributed by atoms with E-state index in [1.165, 1.54) is 11.1 Å². The summed E-state index contributed by atoms with van der Waals surface area (Å²) in [4.78, 5) is 3.79. The second-order valence-electron chi connectivity index (χ2n) is 2.37. The van der Waals surface area contributed by atoms with Crippen LogP contribution in [0.15, 0.2) is 29.3 Å². The maximum absolute atomic E-state index is 3.79. The SMILES string of the molecule is C=NCc1ccc(C)cc1. The number of nitrogens with zero attached hydrogens (tertiary/aromatic N) is 1. The van der Waals surface area contributed by atoms with E-state index < -0.39 is 0 Å². The van der Waals surface area contributed by atoms with E-state index in [-0.39, 0.29) is 0 Å². The molecule has 0 amide bonds. The molecule has 1 heteroatoms. The van der Waals surface area contributed by atoms with Gasteiger partial charge in [0, 0.05) is 0 Å². The molecule has 0 aromatic heterocycles. The highest BCUT2D eigenvalue weighted by Crippen LogP contribution is 2.03. The van der Waals surface area contributed by atoms with Crippen LogP contribution in [0.4, 0.5) is 0 Å². The van der Waals surface area contributed by atoms with Crippen LogP contribution in [-0.2, 0) is 6.54 Å². The molecule has 0 unspecified atom stereocenters. The minimum Gasteiger partial charge on any atom is -0.296 e. The monoisotopic (exact) mass is 133 g/mol. The van der Waals surface area contributed by atoms with Crippen molar-refractivity contribution in [1.29, 1.82) is 0 Å². The van der Waals surface area contributed by atoms with Gasteiger partial charge in [-0.05, 0) is 19.2 Å². The van der Waals surface area contributed by atoms with E-state index in [0.29, 0.717) is 0 Å². The van der Waals surface area contributed by atoms with E-state index in [1.807, 2.05) is 0 Å². The fourth-order valence-electron chi connectivity index (χ4n) is 0.823. The number of hydrogen-bond donors (Lipinski definition) is 0. The number of aliphatic imine (C=N–C) groups is 1. The lowest BCUT2D eigenvalue weighted by molar-refractivity contribution is 1.08. The van der Waals surface area contributed by atoms with Crippen molar-refractivity contribution >= 4 is 6.72 Å². The minimum atomic E-state index is 0.722. The predicted octanol–water partition coefficient (Wildman–Crippen LogP) is 2.20. The second-order valence-corrected chi connectivity index (χ2v) is 2.37. The van der Waals surface area contributed by atoms with Gasteiger partial charge in [0.2, 0.25) is 0 Å². The number of hydrogen-bond acceptors (Lipinski definition) is 1. The summed E-state index contributed by atoms with van der Waals surface area (Å²) in [6.45, 7) is 6.23. The maximum Gasteiger partial charge on any atom is 0.0632 e. The summed E-state index contributed by atoms with van der Waals surface area (Å²) >= 11 is 0. The van der Waals surface area contributed by atoms with Crippen LogP contribution in [-0.4, -0.2) is 6.72 Å². The molecule has 1 nitrogen and oxygen atoms in total. The first kappa shape index (κ1) is 7.00. The fourth-order valence-corrected chi connectivity index (χ4v) is 0.823. The molecule has 0 saturated heterocycles. The Morgan fingerprint density at radius 3 is 2.40 bits per heavy atom. The van der Waals surface area contributed by atoms with Crippen LogP contribution < -0.4 is 0 Å². The summed E-state index contributed by atoms with van der Waals surface area (Å²) in [5.41, 5.74) is 2.51. The summed E-state index contributed by atoms with van der Waals surface area (Å²) in [7, 11) is 0. The largest absolute Gasteiger partial charge is 0.296 e. The van der Waals surface area contributed by atoms with Gasteiger partial charge in [0.15, 0.2) is 0 Å². The molecule has 0 saturated carbocycles. The summed E-state index contributed by atoms with van der Waals surface area (Å²) < 4.78 is 0. The van der Waals surface area contributed by atoms with Gasteiger partial charge in [0.25, 0.3) is 0 Å². The van der Waals surface area contributed by atoms with Gasteiger partial charge in [-0.15, -0.1) is 0 Å². The van der Waals surface area contributed by atoms with Crippen LogP contribution in [0.3, 0.4) is 0 Å². The Labute approximate surface area is 61.4 Å². The number of benzene rings is 1. The standard InChI is InChI=1S/C9H11N/c1-8-3-5-9(6-4-8)7-10-2/h3-6H,2,7H2,1H3. The molecule has 0 aliphatic heterocycles. The molecule has 0 aliphatic carbocycles. The summed E-state index contributed by atoms with van der Waals surface area (Å²) in [5.74, 6) is 0. The molecule has 0 aliphatic rings. The van der Waals surface area contributed by atoms with Gasteiger partial charge < -0.3 is 0 Å². The molecule has 0 spiro atoms. The van der Waals surface area contributed by atoms with Crippen LogP contribution in [0.5, 0.6) is 0 Å². The van der Waals surface area contributed by atoms with Crippen LogP contribution in [0.1, 0.15) is 11.1 Å². The number of aryl methyl sites for hydroxylation is 1. The average molecular weight is 133 g/mol. The topological polar surface area (TPSA) is 12.4 Å². The number of rotatable bonds is 2. The lowest BCUT2D eigenvalue weighted by atomic mass is 10.2. The van der Waals surface area contributed by atoms with Gasteiger partial charge in [-0.1, -0.05) is 29.8 Å². The first-order valence-corrected chi connectivity index (χ1v) is 3.31. The Kier molecular flexibility index (Phi) is 2.21. The van der Waals surface area contributed by atoms with Crippen molar-refractivity contribution in [2.45, 2.75) is 13.5 Å². The molecular weight excluding hydrogens is 122 g/mol. The highest BCUT2D eigenvalue weighted by Gasteiger charge is 1.86. The lowest BCUT2D eigenvalue weighted by Crippen LogP contribution is -1.79. The molecule has 1 aromatic rings. The van der Waals surface area contributed by atoms with Gasteiger partial charge in [-0.25, -0.2) is 0 Å². The Bertz CT molecular complexity index is 211. The van der Waals surface area contributed by atoms with Crippen molar-refractivity contribution in [3.8, 4) is 0 Å². The van der Waals surface area contributed by atoms with Crippen molar-refractivity contribution in [2.24, 2.45) is 4.99 Å². The van der Waals surface area contributed by atoms with Crippen LogP contribution in [0, 0.1) is 6.92 Å². The van der Waals surface area contributed by atoms with Crippen LogP contribution in [0.2, 0.25) is 0 Å². The molecule has 0 atom stereocenters. The molecule has 10 heavy (non-hydrogen) atoms. The highest BCUT2D eigenvalue weighted by atomic mass is 14.7. The summed E-state index contributed by atoms with van der Waals surface area (Å²) in [5, 5.41) is 0. The maximum atomic E-state index is 3.79. The molecule has 0 radical (unpaired) electrons. The molecule has 0 bridgehead atoms. The van der Waals surface area contributed by atoms with Crippen LogP contribution >= 0.6 is 0 Å². The van der Waals surface area contributed by atoms with Crippen molar-refractivity contribution < 1.29 is 0 Å². The second kappa shape index (κ2) is 3.16. The van der Waals surface area contributed by atoms with E-state index in [9.17, 15) is 0 Å². The van der Waals surface area contributed by atoms with Gasteiger partial charge in [-0.2, -0.15) is 0 Å². The Hall–Kier alpha value is -1.11. The first-order chi connectivity index (χ1) is 4.83. The van der Waals surface area contributed by atoms with Crippen molar-refractivity contribution in [1.82, 2.24) is 0 Å². The Morgan fingerprint density at radius 2 is 1.90 bits per heavy atom. The average Bonchev–Trinajstić information content (AvgIpc) is 1.95. The predicted molar refractivity (Wildman–Crippen MR) is 44.4 cm³/mol. The van der Waals surface area contributed by atoms with Gasteiger partial charge >= 0.3 is 0 Å². The molecule has 0 N–H and O–H groups in total. The van der Waals surface area contributed by atoms with Crippen molar-refractivity contribution in [3.05, 3.63) is 35.4 Å². The van der Waals surface area contributed by atoms with E-state index >= 15 is 0 Å². The molecular formula is C9H11N. The quantitative estimate of drug-likeness (QED) is 0.548. The van der Waals surface area contributed by atoms with Gasteiger partial charge in [-0.3, -0.25) is 4.99 Å². The molecule has 0 fully saturated rings. The summed E-state index contributed by atoms with van der Waals surface area (Å²) in [6.07, 6.45) is 0. The molecule has 1 rings (SSSR count). The first-order valence-electron chi connectivity index (χ1n) is 3.31. The van der Waals surface area contributed by atoms with E-state index in [2.05, 4.69) is 42.9 Å². The van der Waals surface area contributed by atoms with Crippen LogP contribution in [0.25, 0.3) is 0 Å². The van der Waals surface area contributed by atoms with Crippen molar-refractivity contribution in [3.63, 3.8) is 0 Å². The third kappa shape index (κ3) is 1.69. The van der Waals surface area contributed by atoms with Gasteiger partial charge in [0.05, 0.1) is 6.54 Å². The Balaban J connectivity index is 2.78. The Morgan fingerprint density at radius 1 is 1.30 bits per heavy atom. The molecule has 52 valence electrons. The smallest absolute Gasteiger partial charge is 0.0632 e. The zero-order valence-corrected chi connectivity index (χ0v) is 6.17. The lowest BCUT2D eigenvalue weighted by Gasteiger charge is -1.95. The van der Waals surface area contributed by atoms with Crippen molar-refractivity contribution in [2.75, 3.05) is 0 Å². The normalized spacial score (nSPS) is 9.30. The zero-order chi connectivity index (χ0) is 7.40. The van der Waals surface area contributed by atoms with Gasteiger partial charge in [0.1, 0.15) is 0 Å². The van der Waals surface area contributed by atoms with E-state index in [0.717, 1.165) is 6.54 Å². The minimum absolute atomic E-state index is 0.722. The molecule has 0 heterocycles.